The highest BCUT2D eigenvalue weighted by molar-refractivity contribution is 6.11. The molecule has 1 saturated carbocycles. The van der Waals surface area contributed by atoms with Crippen LogP contribution in [0, 0.1) is 0 Å². The number of hydrogen-bond acceptors (Lipinski definition) is 0. The molecule has 0 aromatic carbocycles. The normalized spacial score (nSPS) is 24.9. The molecule has 0 saturated heterocycles. The molecule has 1 fully saturated rings. The van der Waals surface area contributed by atoms with Crippen LogP contribution < -0.4 is 0 Å². The molecule has 0 atom stereocenters. The fourth-order valence-corrected chi connectivity index (χ4v) is 1.96. The summed E-state index contributed by atoms with van der Waals surface area (Å²) in [7, 11) is 0. The monoisotopic (exact) mass is 142 g/mol. The zero-order valence-electron chi connectivity index (χ0n) is 6.10. The molecule has 1 heteroatoms. The third-order valence-electron chi connectivity index (χ3n) is 2.15. The zero-order valence-corrected chi connectivity index (χ0v) is 7.26. The van der Waals surface area contributed by atoms with Crippen molar-refractivity contribution in [3.8, 4) is 0 Å². The molecule has 0 amide bonds. The van der Waals surface area contributed by atoms with E-state index >= 15 is 0 Å². The Bertz CT molecular complexity index is 70.5. The average Bonchev–Trinajstić information content (AvgIpc) is 1.79. The van der Waals surface area contributed by atoms with Crippen molar-refractivity contribution < 1.29 is 2.85 Å². The van der Waals surface area contributed by atoms with Crippen LogP contribution in [0.4, 0.5) is 0 Å². The van der Waals surface area contributed by atoms with E-state index in [2.05, 4.69) is 16.3 Å². The van der Waals surface area contributed by atoms with Gasteiger partial charge >= 0.3 is 0 Å². The van der Waals surface area contributed by atoms with E-state index in [1.54, 1.807) is 0 Å². The zero-order chi connectivity index (χ0) is 6.53. The SMILES string of the molecule is [Al][CH]1CCCCCCC1.[HH].[HH]. The highest BCUT2D eigenvalue weighted by Gasteiger charge is 2.03. The smallest absolute Gasteiger partial charge is 0.107 e. The van der Waals surface area contributed by atoms with Gasteiger partial charge in [-0.15, -0.1) is 4.78 Å². The van der Waals surface area contributed by atoms with E-state index in [9.17, 15) is 0 Å². The lowest BCUT2D eigenvalue weighted by Crippen LogP contribution is -1.96. The van der Waals surface area contributed by atoms with Gasteiger partial charge in [0, 0.05) is 2.85 Å². The average molecular weight is 142 g/mol. The first-order valence-electron chi connectivity index (χ1n) is 4.15. The third kappa shape index (κ3) is 3.28. The summed E-state index contributed by atoms with van der Waals surface area (Å²) in [5, 5.41) is 0. The highest BCUT2D eigenvalue weighted by atomic mass is 27.0. The van der Waals surface area contributed by atoms with Gasteiger partial charge in [0.2, 0.25) is 0 Å². The molecule has 1 aliphatic rings. The van der Waals surface area contributed by atoms with Crippen LogP contribution in [-0.2, 0) is 0 Å². The fraction of sp³-hybridized carbons (Fsp3) is 1.00. The molecular weight excluding hydrogens is 123 g/mol. The van der Waals surface area contributed by atoms with Crippen molar-refractivity contribution in [1.82, 2.24) is 0 Å². The van der Waals surface area contributed by atoms with Gasteiger partial charge in [-0.1, -0.05) is 44.9 Å². The summed E-state index contributed by atoms with van der Waals surface area (Å²) in [4.78, 5) is 0. The summed E-state index contributed by atoms with van der Waals surface area (Å²) in [5.74, 6) is 0. The Balaban J connectivity index is 0. The van der Waals surface area contributed by atoms with Gasteiger partial charge in [0.25, 0.3) is 0 Å². The third-order valence-corrected chi connectivity index (χ3v) is 2.82. The predicted molar refractivity (Wildman–Crippen MR) is 46.1 cm³/mol. The van der Waals surface area contributed by atoms with Gasteiger partial charge in [-0.3, -0.25) is 0 Å². The molecule has 0 nitrogen and oxygen atoms in total. The molecule has 1 rings (SSSR count). The maximum Gasteiger partial charge on any atom is 0.123 e. The van der Waals surface area contributed by atoms with Crippen molar-refractivity contribution in [2.24, 2.45) is 0 Å². The molecule has 0 aliphatic heterocycles. The molecular formula is C8H19Al. The molecule has 0 spiro atoms. The Kier molecular flexibility index (Phi) is 3.70. The topological polar surface area (TPSA) is 0 Å². The van der Waals surface area contributed by atoms with Crippen LogP contribution in [0.2, 0.25) is 4.78 Å². The standard InChI is InChI=1S/C8H15.Al.2H2/c1-2-4-6-8-7-5-3-1;;;/h1H,2-8H2;;2*1H. The van der Waals surface area contributed by atoms with E-state index in [0.717, 1.165) is 4.78 Å². The Labute approximate surface area is 69.4 Å². The van der Waals surface area contributed by atoms with Crippen molar-refractivity contribution in [1.29, 1.82) is 0 Å². The quantitative estimate of drug-likeness (QED) is 0.456. The first kappa shape index (κ1) is 7.64. The van der Waals surface area contributed by atoms with E-state index in [4.69, 9.17) is 0 Å². The first-order valence-corrected chi connectivity index (χ1v) is 4.82. The molecule has 0 aromatic rings. The van der Waals surface area contributed by atoms with E-state index in [0.29, 0.717) is 0 Å². The van der Waals surface area contributed by atoms with Crippen LogP contribution >= 0.6 is 0 Å². The largest absolute Gasteiger partial charge is 0.123 e. The van der Waals surface area contributed by atoms with Gasteiger partial charge in [-0.2, -0.15) is 0 Å². The van der Waals surface area contributed by atoms with Crippen molar-refractivity contribution in [3.05, 3.63) is 0 Å². The molecule has 1 aliphatic carbocycles. The minimum absolute atomic E-state index is 0. The van der Waals surface area contributed by atoms with Crippen molar-refractivity contribution >= 4 is 16.3 Å². The molecule has 9 heavy (non-hydrogen) atoms. The van der Waals surface area contributed by atoms with Crippen LogP contribution in [0.1, 0.15) is 47.8 Å². The number of hydrogen-bond donors (Lipinski definition) is 0. The summed E-state index contributed by atoms with van der Waals surface area (Å²) in [6.07, 6.45) is 10.3. The second-order valence-electron chi connectivity index (χ2n) is 3.11. The van der Waals surface area contributed by atoms with Crippen LogP contribution in [0.25, 0.3) is 0 Å². The maximum absolute atomic E-state index is 2.96. The summed E-state index contributed by atoms with van der Waals surface area (Å²) in [6.45, 7) is 0. The second-order valence-corrected chi connectivity index (χ2v) is 4.05. The lowest BCUT2D eigenvalue weighted by atomic mass is 10.0. The molecule has 0 bridgehead atoms. The minimum atomic E-state index is 0. The van der Waals surface area contributed by atoms with Crippen LogP contribution in [0.15, 0.2) is 0 Å². The highest BCUT2D eigenvalue weighted by Crippen LogP contribution is 2.23. The summed E-state index contributed by atoms with van der Waals surface area (Å²) < 4.78 is 0.935. The van der Waals surface area contributed by atoms with Gasteiger partial charge in [-0.05, 0) is 0 Å². The van der Waals surface area contributed by atoms with Crippen LogP contribution in [0.5, 0.6) is 0 Å². The summed E-state index contributed by atoms with van der Waals surface area (Å²) >= 11 is 2.96. The summed E-state index contributed by atoms with van der Waals surface area (Å²) in [6, 6.07) is 0. The van der Waals surface area contributed by atoms with Crippen LogP contribution in [-0.4, -0.2) is 16.3 Å². The molecule has 54 valence electrons. The molecule has 0 heterocycles. The van der Waals surface area contributed by atoms with E-state index in [1.807, 2.05) is 0 Å². The van der Waals surface area contributed by atoms with Gasteiger partial charge in [0.15, 0.2) is 0 Å². The van der Waals surface area contributed by atoms with Gasteiger partial charge in [-0.25, -0.2) is 0 Å². The first-order chi connectivity index (χ1) is 4.39. The van der Waals surface area contributed by atoms with Crippen molar-refractivity contribution in [2.75, 3.05) is 0 Å². The summed E-state index contributed by atoms with van der Waals surface area (Å²) in [5.41, 5.74) is 0. The molecule has 0 N–H and O–H groups in total. The van der Waals surface area contributed by atoms with Crippen LogP contribution in [0.3, 0.4) is 0 Å². The van der Waals surface area contributed by atoms with Gasteiger partial charge < -0.3 is 0 Å². The lowest BCUT2D eigenvalue weighted by Gasteiger charge is -2.14. The molecule has 0 aromatic heterocycles. The predicted octanol–water partition coefficient (Wildman–Crippen LogP) is 3.18. The second kappa shape index (κ2) is 4.36. The number of rotatable bonds is 0. The van der Waals surface area contributed by atoms with E-state index < -0.39 is 0 Å². The lowest BCUT2D eigenvalue weighted by molar-refractivity contribution is 0.504. The fourth-order valence-electron chi connectivity index (χ4n) is 1.49. The molecule has 2 radical (unpaired) electrons. The van der Waals surface area contributed by atoms with Gasteiger partial charge in [0.05, 0.1) is 0 Å². The molecule has 0 unspecified atom stereocenters. The Morgan fingerprint density at radius 3 is 1.89 bits per heavy atom. The van der Waals surface area contributed by atoms with Gasteiger partial charge in [0.1, 0.15) is 16.3 Å². The van der Waals surface area contributed by atoms with Crippen molar-refractivity contribution in [2.45, 2.75) is 49.7 Å². The Morgan fingerprint density at radius 1 is 0.889 bits per heavy atom. The van der Waals surface area contributed by atoms with Crippen molar-refractivity contribution in [3.63, 3.8) is 0 Å². The van der Waals surface area contributed by atoms with E-state index in [-0.39, 0.29) is 2.85 Å². The Morgan fingerprint density at radius 2 is 1.33 bits per heavy atom. The minimum Gasteiger partial charge on any atom is -0.107 e. The maximum atomic E-state index is 2.96. The van der Waals surface area contributed by atoms with E-state index in [1.165, 1.54) is 44.9 Å². The Hall–Kier alpha value is 0.532.